The Labute approximate surface area is 140 Å². The molecule has 0 aliphatic heterocycles. The third-order valence-electron chi connectivity index (χ3n) is 3.03. The highest BCUT2D eigenvalue weighted by Gasteiger charge is 2.10. The van der Waals surface area contributed by atoms with Crippen molar-refractivity contribution in [2.24, 2.45) is 0 Å². The molecule has 0 radical (unpaired) electrons. The van der Waals surface area contributed by atoms with E-state index in [1.165, 1.54) is 12.1 Å². The van der Waals surface area contributed by atoms with Crippen LogP contribution < -0.4 is 10.6 Å². The Bertz CT molecular complexity index is 604. The van der Waals surface area contributed by atoms with Gasteiger partial charge in [0.25, 0.3) is 5.91 Å². The van der Waals surface area contributed by atoms with Crippen molar-refractivity contribution in [3.8, 4) is 11.3 Å². The Balaban J connectivity index is 0.00000264. The van der Waals surface area contributed by atoms with Crippen LogP contribution in [0.2, 0.25) is 0 Å². The number of amides is 1. The number of ether oxygens (including phenoxy) is 1. The summed E-state index contributed by atoms with van der Waals surface area (Å²) in [4.78, 5) is 11.9. The Morgan fingerprint density at radius 3 is 2.70 bits per heavy atom. The normalized spacial score (nSPS) is 10.2. The minimum atomic E-state index is -0.307. The largest absolute Gasteiger partial charge is 0.383 e. The van der Waals surface area contributed by atoms with Gasteiger partial charge in [-0.2, -0.15) is 5.10 Å². The van der Waals surface area contributed by atoms with Gasteiger partial charge in [0.1, 0.15) is 11.5 Å². The lowest BCUT2D eigenvalue weighted by atomic mass is 10.1. The zero-order valence-corrected chi connectivity index (χ0v) is 13.6. The van der Waals surface area contributed by atoms with Crippen LogP contribution in [0.25, 0.3) is 11.3 Å². The lowest BCUT2D eigenvalue weighted by molar-refractivity contribution is 0.0948. The van der Waals surface area contributed by atoms with Crippen molar-refractivity contribution in [2.75, 3.05) is 33.4 Å². The maximum Gasteiger partial charge on any atom is 0.269 e. The molecular formula is C15H20ClFN4O2. The standard InChI is InChI=1S/C15H19FN4O2.ClH/c1-22-9-8-17-6-7-18-15(21)14-10-13(19-20-14)11-2-4-12(16)5-3-11;/h2-5,10,17H,6-9H2,1H3,(H,18,21)(H,19,20);1H. The van der Waals surface area contributed by atoms with Gasteiger partial charge in [0.15, 0.2) is 0 Å². The molecule has 6 nitrogen and oxygen atoms in total. The summed E-state index contributed by atoms with van der Waals surface area (Å²) in [6.45, 7) is 2.54. The number of nitrogens with one attached hydrogen (secondary N) is 3. The predicted molar refractivity (Wildman–Crippen MR) is 88.3 cm³/mol. The van der Waals surface area contributed by atoms with Gasteiger partial charge < -0.3 is 15.4 Å². The van der Waals surface area contributed by atoms with Crippen LogP contribution in [-0.4, -0.2) is 49.5 Å². The number of rotatable bonds is 8. The third kappa shape index (κ3) is 5.97. The number of hydrogen-bond acceptors (Lipinski definition) is 4. The molecule has 1 heterocycles. The number of benzene rings is 1. The average Bonchev–Trinajstić information content (AvgIpc) is 3.01. The first-order valence-corrected chi connectivity index (χ1v) is 7.00. The monoisotopic (exact) mass is 342 g/mol. The molecule has 0 aliphatic carbocycles. The van der Waals surface area contributed by atoms with Crippen molar-refractivity contribution in [1.29, 1.82) is 0 Å². The fraction of sp³-hybridized carbons (Fsp3) is 0.333. The van der Waals surface area contributed by atoms with Gasteiger partial charge in [-0.25, -0.2) is 4.39 Å². The van der Waals surface area contributed by atoms with Crippen LogP contribution in [0.1, 0.15) is 10.5 Å². The van der Waals surface area contributed by atoms with Crippen LogP contribution in [0.3, 0.4) is 0 Å². The average molecular weight is 343 g/mol. The molecule has 3 N–H and O–H groups in total. The second kappa shape index (κ2) is 9.94. The van der Waals surface area contributed by atoms with Gasteiger partial charge in [-0.1, -0.05) is 0 Å². The summed E-state index contributed by atoms with van der Waals surface area (Å²) in [5.41, 5.74) is 1.72. The Kier molecular flexibility index (Phi) is 8.25. The SMILES string of the molecule is COCCNCCNC(=O)c1cc(-c2ccc(F)cc2)n[nH]1.Cl. The second-order valence-electron chi connectivity index (χ2n) is 4.67. The summed E-state index contributed by atoms with van der Waals surface area (Å²) in [6.07, 6.45) is 0. The number of hydrogen-bond donors (Lipinski definition) is 3. The van der Waals surface area contributed by atoms with E-state index >= 15 is 0 Å². The van der Waals surface area contributed by atoms with Crippen molar-refractivity contribution < 1.29 is 13.9 Å². The number of aromatic nitrogens is 2. The predicted octanol–water partition coefficient (Wildman–Crippen LogP) is 1.60. The second-order valence-corrected chi connectivity index (χ2v) is 4.67. The highest BCUT2D eigenvalue weighted by molar-refractivity contribution is 5.93. The summed E-state index contributed by atoms with van der Waals surface area (Å²) in [6, 6.07) is 7.59. The first kappa shape index (κ1) is 19.1. The summed E-state index contributed by atoms with van der Waals surface area (Å²) < 4.78 is 17.8. The number of nitrogens with zero attached hydrogens (tertiary/aromatic N) is 1. The van der Waals surface area contributed by atoms with Gasteiger partial charge >= 0.3 is 0 Å². The highest BCUT2D eigenvalue weighted by atomic mass is 35.5. The summed E-state index contributed by atoms with van der Waals surface area (Å²) >= 11 is 0. The van der Waals surface area contributed by atoms with Crippen LogP contribution in [0.5, 0.6) is 0 Å². The first-order chi connectivity index (χ1) is 10.7. The van der Waals surface area contributed by atoms with E-state index in [1.807, 2.05) is 0 Å². The molecule has 0 saturated carbocycles. The van der Waals surface area contributed by atoms with E-state index in [9.17, 15) is 9.18 Å². The van der Waals surface area contributed by atoms with Crippen molar-refractivity contribution in [3.05, 3.63) is 41.8 Å². The fourth-order valence-corrected chi connectivity index (χ4v) is 1.87. The zero-order valence-electron chi connectivity index (χ0n) is 12.8. The topological polar surface area (TPSA) is 79.0 Å². The molecule has 8 heteroatoms. The molecule has 23 heavy (non-hydrogen) atoms. The van der Waals surface area contributed by atoms with E-state index in [2.05, 4.69) is 20.8 Å². The summed E-state index contributed by atoms with van der Waals surface area (Å²) in [7, 11) is 1.64. The van der Waals surface area contributed by atoms with E-state index in [0.717, 1.165) is 12.1 Å². The molecule has 0 saturated heterocycles. The summed E-state index contributed by atoms with van der Waals surface area (Å²) in [5.74, 6) is -0.535. The molecule has 2 rings (SSSR count). The molecule has 0 unspecified atom stereocenters. The van der Waals surface area contributed by atoms with Crippen LogP contribution in [0.15, 0.2) is 30.3 Å². The number of carbonyl (C=O) groups excluding carboxylic acids is 1. The molecule has 0 spiro atoms. The molecule has 0 fully saturated rings. The number of aromatic amines is 1. The highest BCUT2D eigenvalue weighted by Crippen LogP contribution is 2.17. The molecule has 0 bridgehead atoms. The Morgan fingerprint density at radius 2 is 2.00 bits per heavy atom. The number of H-pyrrole nitrogens is 1. The lowest BCUT2D eigenvalue weighted by Gasteiger charge is -2.05. The van der Waals surface area contributed by atoms with Crippen molar-refractivity contribution in [3.63, 3.8) is 0 Å². The minimum absolute atomic E-state index is 0. The zero-order chi connectivity index (χ0) is 15.8. The smallest absolute Gasteiger partial charge is 0.269 e. The van der Waals surface area contributed by atoms with Gasteiger partial charge in [0.2, 0.25) is 0 Å². The molecule has 1 aromatic carbocycles. The molecule has 2 aromatic rings. The van der Waals surface area contributed by atoms with E-state index in [4.69, 9.17) is 4.74 Å². The number of halogens is 2. The van der Waals surface area contributed by atoms with Gasteiger partial charge in [0, 0.05) is 32.3 Å². The Morgan fingerprint density at radius 1 is 1.26 bits per heavy atom. The molecular weight excluding hydrogens is 323 g/mol. The number of carbonyl (C=O) groups is 1. The molecule has 126 valence electrons. The molecule has 1 aromatic heterocycles. The minimum Gasteiger partial charge on any atom is -0.383 e. The maximum atomic E-state index is 12.9. The van der Waals surface area contributed by atoms with Crippen LogP contribution in [-0.2, 0) is 4.74 Å². The molecule has 1 amide bonds. The third-order valence-corrected chi connectivity index (χ3v) is 3.03. The van der Waals surface area contributed by atoms with Crippen molar-refractivity contribution in [1.82, 2.24) is 20.8 Å². The number of methoxy groups -OCH3 is 1. The fourth-order valence-electron chi connectivity index (χ4n) is 1.87. The van der Waals surface area contributed by atoms with Gasteiger partial charge in [0.05, 0.1) is 12.3 Å². The van der Waals surface area contributed by atoms with Gasteiger partial charge in [-0.15, -0.1) is 12.4 Å². The van der Waals surface area contributed by atoms with Gasteiger partial charge in [-0.3, -0.25) is 9.89 Å². The van der Waals surface area contributed by atoms with Crippen LogP contribution in [0.4, 0.5) is 4.39 Å². The molecule has 0 aliphatic rings. The van der Waals surface area contributed by atoms with E-state index in [-0.39, 0.29) is 24.1 Å². The van der Waals surface area contributed by atoms with E-state index in [0.29, 0.717) is 31.1 Å². The quantitative estimate of drug-likeness (QED) is 0.637. The van der Waals surface area contributed by atoms with E-state index in [1.54, 1.807) is 25.3 Å². The first-order valence-electron chi connectivity index (χ1n) is 7.00. The Hall–Kier alpha value is -1.96. The summed E-state index contributed by atoms with van der Waals surface area (Å²) in [5, 5.41) is 12.7. The van der Waals surface area contributed by atoms with E-state index < -0.39 is 0 Å². The maximum absolute atomic E-state index is 12.9. The molecule has 0 atom stereocenters. The van der Waals surface area contributed by atoms with Crippen LogP contribution in [0, 0.1) is 5.82 Å². The lowest BCUT2D eigenvalue weighted by Crippen LogP contribution is -2.33. The van der Waals surface area contributed by atoms with Crippen molar-refractivity contribution >= 4 is 18.3 Å². The van der Waals surface area contributed by atoms with Gasteiger partial charge in [-0.05, 0) is 30.3 Å². The van der Waals surface area contributed by atoms with Crippen molar-refractivity contribution in [2.45, 2.75) is 0 Å². The van der Waals surface area contributed by atoms with Crippen LogP contribution >= 0.6 is 12.4 Å².